The fourth-order valence-corrected chi connectivity index (χ4v) is 2.39. The Morgan fingerprint density at radius 1 is 1.00 bits per heavy atom. The molecule has 2 amide bonds. The second kappa shape index (κ2) is 8.84. The molecule has 0 bridgehead atoms. The molecule has 2 aromatic carbocycles. The number of aromatic hydroxyl groups is 2. The van der Waals surface area contributed by atoms with Crippen LogP contribution in [0.4, 0.5) is 5.69 Å². The van der Waals surface area contributed by atoms with E-state index in [0.29, 0.717) is 11.3 Å². The SMILES string of the molecule is C/C(=N/NC(=O)CCC(=O)Nc1cc(C)ccc1C)c1cc(O)ccc1O. The van der Waals surface area contributed by atoms with Crippen LogP contribution >= 0.6 is 0 Å². The highest BCUT2D eigenvalue weighted by Crippen LogP contribution is 2.22. The van der Waals surface area contributed by atoms with Gasteiger partial charge in [0.1, 0.15) is 11.5 Å². The maximum atomic E-state index is 12.0. The van der Waals surface area contributed by atoms with Gasteiger partial charge in [0.05, 0.1) is 5.71 Å². The number of phenols is 2. The molecule has 142 valence electrons. The normalized spacial score (nSPS) is 11.1. The van der Waals surface area contributed by atoms with E-state index in [1.807, 2.05) is 32.0 Å². The predicted octanol–water partition coefficient (Wildman–Crippen LogP) is 2.97. The van der Waals surface area contributed by atoms with Gasteiger partial charge in [-0.1, -0.05) is 12.1 Å². The molecule has 2 rings (SSSR count). The Kier molecular flexibility index (Phi) is 6.54. The van der Waals surface area contributed by atoms with Crippen molar-refractivity contribution in [1.29, 1.82) is 0 Å². The smallest absolute Gasteiger partial charge is 0.240 e. The summed E-state index contributed by atoms with van der Waals surface area (Å²) in [5.41, 5.74) is 5.70. The van der Waals surface area contributed by atoms with E-state index in [1.165, 1.54) is 18.2 Å². The van der Waals surface area contributed by atoms with Crippen LogP contribution in [0.5, 0.6) is 11.5 Å². The van der Waals surface area contributed by atoms with E-state index in [2.05, 4.69) is 15.8 Å². The van der Waals surface area contributed by atoms with Gasteiger partial charge in [-0.2, -0.15) is 5.10 Å². The van der Waals surface area contributed by atoms with Gasteiger partial charge in [-0.25, -0.2) is 5.43 Å². The van der Waals surface area contributed by atoms with E-state index in [9.17, 15) is 19.8 Å². The summed E-state index contributed by atoms with van der Waals surface area (Å²) < 4.78 is 0. The number of rotatable bonds is 6. The zero-order valence-electron chi connectivity index (χ0n) is 15.5. The van der Waals surface area contributed by atoms with Crippen LogP contribution < -0.4 is 10.7 Å². The first-order valence-corrected chi connectivity index (χ1v) is 8.49. The third-order valence-electron chi connectivity index (χ3n) is 3.96. The molecule has 0 aliphatic rings. The minimum Gasteiger partial charge on any atom is -0.508 e. The molecule has 0 radical (unpaired) electrons. The summed E-state index contributed by atoms with van der Waals surface area (Å²) in [6, 6.07) is 9.79. The Morgan fingerprint density at radius 3 is 2.44 bits per heavy atom. The van der Waals surface area contributed by atoms with Crippen LogP contribution in [0.1, 0.15) is 36.5 Å². The highest BCUT2D eigenvalue weighted by Gasteiger charge is 2.10. The number of hydrogen-bond donors (Lipinski definition) is 4. The number of nitrogens with one attached hydrogen (secondary N) is 2. The molecular weight excluding hydrogens is 346 g/mol. The van der Waals surface area contributed by atoms with Crippen molar-refractivity contribution in [2.75, 3.05) is 5.32 Å². The van der Waals surface area contributed by atoms with E-state index < -0.39 is 5.91 Å². The topological polar surface area (TPSA) is 111 Å². The van der Waals surface area contributed by atoms with Crippen molar-refractivity contribution in [2.45, 2.75) is 33.6 Å². The summed E-state index contributed by atoms with van der Waals surface area (Å²) in [5.74, 6) is -0.765. The predicted molar refractivity (Wildman–Crippen MR) is 104 cm³/mol. The first-order chi connectivity index (χ1) is 12.8. The number of amides is 2. The fraction of sp³-hybridized carbons (Fsp3) is 0.250. The van der Waals surface area contributed by atoms with Crippen LogP contribution in [-0.4, -0.2) is 27.7 Å². The summed E-state index contributed by atoms with van der Waals surface area (Å²) in [5, 5.41) is 25.9. The lowest BCUT2D eigenvalue weighted by atomic mass is 10.1. The molecular formula is C20H23N3O4. The van der Waals surface area contributed by atoms with Crippen molar-refractivity contribution in [3.8, 4) is 11.5 Å². The molecule has 0 saturated heterocycles. The van der Waals surface area contributed by atoms with Crippen molar-refractivity contribution in [3.63, 3.8) is 0 Å². The Hall–Kier alpha value is -3.35. The monoisotopic (exact) mass is 369 g/mol. The largest absolute Gasteiger partial charge is 0.508 e. The minimum absolute atomic E-state index is 0.0190. The summed E-state index contributed by atoms with van der Waals surface area (Å²) in [6.07, 6.45) is -0.00927. The van der Waals surface area contributed by atoms with Gasteiger partial charge in [0.25, 0.3) is 0 Å². The summed E-state index contributed by atoms with van der Waals surface area (Å²) >= 11 is 0. The molecule has 0 aromatic heterocycles. The van der Waals surface area contributed by atoms with Crippen LogP contribution in [0.2, 0.25) is 0 Å². The summed E-state index contributed by atoms with van der Waals surface area (Å²) in [6.45, 7) is 5.42. The summed E-state index contributed by atoms with van der Waals surface area (Å²) in [7, 11) is 0. The molecule has 7 heteroatoms. The number of carbonyl (C=O) groups excluding carboxylic acids is 2. The number of carbonyl (C=O) groups is 2. The van der Waals surface area contributed by atoms with Crippen molar-refractivity contribution < 1.29 is 19.8 Å². The van der Waals surface area contributed by atoms with Crippen molar-refractivity contribution in [3.05, 3.63) is 53.1 Å². The lowest BCUT2D eigenvalue weighted by Gasteiger charge is -2.09. The number of anilines is 1. The van der Waals surface area contributed by atoms with E-state index >= 15 is 0 Å². The van der Waals surface area contributed by atoms with Gasteiger partial charge in [-0.3, -0.25) is 9.59 Å². The van der Waals surface area contributed by atoms with Crippen molar-refractivity contribution in [2.24, 2.45) is 5.10 Å². The molecule has 7 nitrogen and oxygen atoms in total. The van der Waals surface area contributed by atoms with Crippen LogP contribution in [0, 0.1) is 13.8 Å². The van der Waals surface area contributed by atoms with Crippen LogP contribution in [0.3, 0.4) is 0 Å². The van der Waals surface area contributed by atoms with Gasteiger partial charge in [-0.05, 0) is 56.2 Å². The molecule has 27 heavy (non-hydrogen) atoms. The first kappa shape index (κ1) is 20.0. The second-order valence-corrected chi connectivity index (χ2v) is 6.30. The number of benzene rings is 2. The molecule has 0 unspecified atom stereocenters. The van der Waals surface area contributed by atoms with E-state index in [4.69, 9.17) is 0 Å². The third-order valence-corrected chi connectivity index (χ3v) is 3.96. The molecule has 4 N–H and O–H groups in total. The lowest BCUT2D eigenvalue weighted by Crippen LogP contribution is -2.22. The average molecular weight is 369 g/mol. The molecule has 0 fully saturated rings. The molecule has 0 atom stereocenters. The lowest BCUT2D eigenvalue weighted by molar-refractivity contribution is -0.124. The standard InChI is InChI=1S/C20H23N3O4/c1-12-4-5-13(2)17(10-12)21-19(26)8-9-20(27)23-22-14(3)16-11-15(24)6-7-18(16)25/h4-7,10-11,24-25H,8-9H2,1-3H3,(H,21,26)(H,23,27)/b22-14-. The van der Waals surface area contributed by atoms with E-state index in [0.717, 1.165) is 16.8 Å². The van der Waals surface area contributed by atoms with Crippen molar-refractivity contribution >= 4 is 23.2 Å². The van der Waals surface area contributed by atoms with Gasteiger partial charge in [0, 0.05) is 24.1 Å². The number of nitrogens with zero attached hydrogens (tertiary/aromatic N) is 1. The van der Waals surface area contributed by atoms with Gasteiger partial charge < -0.3 is 15.5 Å². The van der Waals surface area contributed by atoms with E-state index in [-0.39, 0.29) is 30.2 Å². The average Bonchev–Trinajstić information content (AvgIpc) is 2.63. The Morgan fingerprint density at radius 2 is 1.70 bits per heavy atom. The maximum absolute atomic E-state index is 12.0. The van der Waals surface area contributed by atoms with Crippen molar-refractivity contribution in [1.82, 2.24) is 5.43 Å². The molecule has 0 heterocycles. The Labute approximate surface area is 157 Å². The number of aryl methyl sites for hydroxylation is 2. The zero-order valence-corrected chi connectivity index (χ0v) is 15.5. The zero-order chi connectivity index (χ0) is 20.0. The number of phenolic OH excluding ortho intramolecular Hbond substituents is 2. The van der Waals surface area contributed by atoms with Gasteiger partial charge >= 0.3 is 0 Å². The van der Waals surface area contributed by atoms with Crippen LogP contribution in [-0.2, 0) is 9.59 Å². The minimum atomic E-state index is -0.426. The molecule has 0 saturated carbocycles. The molecule has 2 aromatic rings. The molecule has 0 spiro atoms. The third kappa shape index (κ3) is 5.85. The highest BCUT2D eigenvalue weighted by atomic mass is 16.3. The van der Waals surface area contributed by atoms with E-state index in [1.54, 1.807) is 6.92 Å². The number of hydrazone groups is 1. The Balaban J connectivity index is 1.87. The van der Waals surface area contributed by atoms with Gasteiger partial charge in [-0.15, -0.1) is 0 Å². The highest BCUT2D eigenvalue weighted by molar-refractivity contribution is 6.02. The Bertz CT molecular complexity index is 891. The molecule has 0 aliphatic heterocycles. The summed E-state index contributed by atoms with van der Waals surface area (Å²) in [4.78, 5) is 23.9. The first-order valence-electron chi connectivity index (χ1n) is 8.49. The fourth-order valence-electron chi connectivity index (χ4n) is 2.39. The number of hydrogen-bond acceptors (Lipinski definition) is 5. The van der Waals surface area contributed by atoms with Gasteiger partial charge in [0.15, 0.2) is 0 Å². The second-order valence-electron chi connectivity index (χ2n) is 6.30. The quantitative estimate of drug-likeness (QED) is 0.356. The van der Waals surface area contributed by atoms with Gasteiger partial charge in [0.2, 0.25) is 11.8 Å². The maximum Gasteiger partial charge on any atom is 0.240 e. The van der Waals surface area contributed by atoms with Crippen LogP contribution in [0.15, 0.2) is 41.5 Å². The molecule has 0 aliphatic carbocycles. The van der Waals surface area contributed by atoms with Crippen LogP contribution in [0.25, 0.3) is 0 Å².